The molecule has 8 nitrogen and oxygen atoms in total. The average molecular weight is 330 g/mol. The Balaban J connectivity index is 1.53. The third-order valence-electron chi connectivity index (χ3n) is 4.10. The molecule has 0 atom stereocenters. The van der Waals surface area contributed by atoms with Gasteiger partial charge in [0.1, 0.15) is 0 Å². The first kappa shape index (κ1) is 16.4. The summed E-state index contributed by atoms with van der Waals surface area (Å²) in [5.74, 6) is 0.0138. The maximum absolute atomic E-state index is 12.3. The molecule has 0 radical (unpaired) electrons. The normalized spacial score (nSPS) is 16.3. The Morgan fingerprint density at radius 2 is 2.00 bits per heavy atom. The Bertz CT molecular complexity index is 772. The van der Waals surface area contributed by atoms with E-state index in [1.807, 2.05) is 18.2 Å². The van der Waals surface area contributed by atoms with E-state index in [0.29, 0.717) is 25.4 Å². The predicted octanol–water partition coefficient (Wildman–Crippen LogP) is -0.627. The molecule has 3 rings (SSSR count). The lowest BCUT2D eigenvalue weighted by atomic mass is 10.3. The summed E-state index contributed by atoms with van der Waals surface area (Å²) in [6.07, 6.45) is 3.39. The fraction of sp³-hybridized carbons (Fsp3) is 0.438. The lowest BCUT2D eigenvalue weighted by Crippen LogP contribution is -2.50. The average Bonchev–Trinajstić information content (AvgIpc) is 2.91. The van der Waals surface area contributed by atoms with Crippen LogP contribution in [0.4, 0.5) is 0 Å². The van der Waals surface area contributed by atoms with Gasteiger partial charge in [0.25, 0.3) is 0 Å². The molecular formula is C16H22N6O2. The van der Waals surface area contributed by atoms with Gasteiger partial charge in [0.05, 0.1) is 13.2 Å². The van der Waals surface area contributed by atoms with E-state index in [1.165, 1.54) is 4.68 Å². The van der Waals surface area contributed by atoms with Gasteiger partial charge in [0.15, 0.2) is 5.65 Å². The molecule has 0 aliphatic carbocycles. The van der Waals surface area contributed by atoms with Crippen molar-refractivity contribution in [1.29, 1.82) is 0 Å². The van der Waals surface area contributed by atoms with Gasteiger partial charge in [-0.1, -0.05) is 12.1 Å². The molecule has 24 heavy (non-hydrogen) atoms. The minimum Gasteiger partial charge on any atom is -0.352 e. The van der Waals surface area contributed by atoms with Crippen LogP contribution in [0.5, 0.6) is 0 Å². The van der Waals surface area contributed by atoms with Gasteiger partial charge in [-0.15, -0.1) is 11.7 Å². The fourth-order valence-electron chi connectivity index (χ4n) is 2.78. The molecule has 1 aliphatic rings. The zero-order chi connectivity index (χ0) is 16.9. The van der Waals surface area contributed by atoms with Gasteiger partial charge in [-0.05, 0) is 12.1 Å². The van der Waals surface area contributed by atoms with Crippen LogP contribution in [0.3, 0.4) is 0 Å². The van der Waals surface area contributed by atoms with E-state index in [-0.39, 0.29) is 11.6 Å². The molecule has 0 spiro atoms. The van der Waals surface area contributed by atoms with Crippen molar-refractivity contribution < 1.29 is 4.79 Å². The van der Waals surface area contributed by atoms with Crippen molar-refractivity contribution in [3.63, 3.8) is 0 Å². The molecule has 1 fully saturated rings. The van der Waals surface area contributed by atoms with Crippen LogP contribution in [0.25, 0.3) is 5.65 Å². The first-order valence-corrected chi connectivity index (χ1v) is 8.04. The van der Waals surface area contributed by atoms with E-state index in [2.05, 4.69) is 26.8 Å². The van der Waals surface area contributed by atoms with Gasteiger partial charge >= 0.3 is 5.69 Å². The second-order valence-electron chi connectivity index (χ2n) is 5.84. The highest BCUT2D eigenvalue weighted by molar-refractivity contribution is 5.78. The standard InChI is InChI=1S/C16H22N6O2/c1-2-6-17-15(23)12-19-8-10-20(11-9-19)13-22-16(24)21-7-4-3-5-14(21)18-22/h2-5,7H,1,6,8-13H2,(H,17,23). The van der Waals surface area contributed by atoms with Crippen LogP contribution in [0, 0.1) is 0 Å². The van der Waals surface area contributed by atoms with Crippen molar-refractivity contribution in [3.05, 3.63) is 47.5 Å². The lowest BCUT2D eigenvalue weighted by Gasteiger charge is -2.33. The number of nitrogens with one attached hydrogen (secondary N) is 1. The third-order valence-corrected chi connectivity index (χ3v) is 4.10. The molecular weight excluding hydrogens is 308 g/mol. The van der Waals surface area contributed by atoms with Crippen LogP contribution in [0.1, 0.15) is 0 Å². The summed E-state index contributed by atoms with van der Waals surface area (Å²) >= 11 is 0. The molecule has 128 valence electrons. The molecule has 1 aliphatic heterocycles. The van der Waals surface area contributed by atoms with E-state index >= 15 is 0 Å². The second kappa shape index (κ2) is 7.41. The van der Waals surface area contributed by atoms with Gasteiger partial charge in [0, 0.05) is 38.9 Å². The summed E-state index contributed by atoms with van der Waals surface area (Å²) < 4.78 is 3.03. The summed E-state index contributed by atoms with van der Waals surface area (Å²) in [4.78, 5) is 28.3. The number of pyridine rings is 1. The Labute approximate surface area is 140 Å². The van der Waals surface area contributed by atoms with Crippen LogP contribution in [-0.4, -0.2) is 69.2 Å². The highest BCUT2D eigenvalue weighted by Crippen LogP contribution is 2.03. The van der Waals surface area contributed by atoms with Crippen LogP contribution in [0.15, 0.2) is 41.8 Å². The largest absolute Gasteiger partial charge is 0.352 e. The highest BCUT2D eigenvalue weighted by atomic mass is 16.2. The topological polar surface area (TPSA) is 74.9 Å². The van der Waals surface area contributed by atoms with Crippen LogP contribution >= 0.6 is 0 Å². The van der Waals surface area contributed by atoms with Crippen molar-refractivity contribution in [1.82, 2.24) is 29.3 Å². The Morgan fingerprint density at radius 3 is 2.71 bits per heavy atom. The summed E-state index contributed by atoms with van der Waals surface area (Å²) in [5.41, 5.74) is 0.525. The van der Waals surface area contributed by atoms with Crippen molar-refractivity contribution in [2.24, 2.45) is 0 Å². The number of hydrogen-bond acceptors (Lipinski definition) is 5. The summed E-state index contributed by atoms with van der Waals surface area (Å²) in [6, 6.07) is 5.50. The highest BCUT2D eigenvalue weighted by Gasteiger charge is 2.20. The van der Waals surface area contributed by atoms with E-state index in [9.17, 15) is 9.59 Å². The smallest absolute Gasteiger partial charge is 0.351 e. The van der Waals surface area contributed by atoms with E-state index in [0.717, 1.165) is 26.2 Å². The third kappa shape index (κ3) is 3.72. The van der Waals surface area contributed by atoms with Gasteiger partial charge in [0.2, 0.25) is 5.91 Å². The monoisotopic (exact) mass is 330 g/mol. The van der Waals surface area contributed by atoms with Gasteiger partial charge in [-0.25, -0.2) is 4.79 Å². The number of piperazine rings is 1. The molecule has 1 N–H and O–H groups in total. The van der Waals surface area contributed by atoms with Crippen LogP contribution < -0.4 is 11.0 Å². The number of aromatic nitrogens is 3. The first-order valence-electron chi connectivity index (χ1n) is 8.04. The quantitative estimate of drug-likeness (QED) is 0.714. The zero-order valence-electron chi connectivity index (χ0n) is 13.6. The van der Waals surface area contributed by atoms with Gasteiger partial charge in [-0.3, -0.25) is 19.0 Å². The first-order chi connectivity index (χ1) is 11.7. The molecule has 0 aromatic carbocycles. The molecule has 0 unspecified atom stereocenters. The van der Waals surface area contributed by atoms with Crippen molar-refractivity contribution in [3.8, 4) is 0 Å². The minimum absolute atomic E-state index is 0.0138. The number of amides is 1. The molecule has 1 saturated heterocycles. The lowest BCUT2D eigenvalue weighted by molar-refractivity contribution is -0.122. The number of fused-ring (bicyclic) bond motifs is 1. The number of carbonyl (C=O) groups excluding carboxylic acids is 1. The minimum atomic E-state index is -0.128. The van der Waals surface area contributed by atoms with Crippen molar-refractivity contribution in [2.75, 3.05) is 39.3 Å². The molecule has 0 saturated carbocycles. The predicted molar refractivity (Wildman–Crippen MR) is 90.7 cm³/mol. The Kier molecular flexibility index (Phi) is 5.07. The molecule has 3 heterocycles. The molecule has 0 bridgehead atoms. The van der Waals surface area contributed by atoms with Crippen molar-refractivity contribution >= 4 is 11.6 Å². The van der Waals surface area contributed by atoms with Gasteiger partial charge in [-0.2, -0.15) is 4.68 Å². The number of hydrogen-bond donors (Lipinski definition) is 1. The molecule has 2 aromatic heterocycles. The van der Waals surface area contributed by atoms with E-state index in [4.69, 9.17) is 0 Å². The fourth-order valence-corrected chi connectivity index (χ4v) is 2.78. The molecule has 8 heteroatoms. The number of carbonyl (C=O) groups is 1. The van der Waals surface area contributed by atoms with E-state index < -0.39 is 0 Å². The summed E-state index contributed by atoms with van der Waals surface area (Å²) in [5, 5.41) is 7.13. The maximum Gasteiger partial charge on any atom is 0.351 e. The van der Waals surface area contributed by atoms with Gasteiger partial charge < -0.3 is 5.32 Å². The van der Waals surface area contributed by atoms with Crippen molar-refractivity contribution in [2.45, 2.75) is 6.67 Å². The summed E-state index contributed by atoms with van der Waals surface area (Å²) in [7, 11) is 0. The van der Waals surface area contributed by atoms with Crippen LogP contribution in [0.2, 0.25) is 0 Å². The van der Waals surface area contributed by atoms with Crippen LogP contribution in [-0.2, 0) is 11.5 Å². The summed E-state index contributed by atoms with van der Waals surface area (Å²) in [6.45, 7) is 8.14. The maximum atomic E-state index is 12.3. The Morgan fingerprint density at radius 1 is 1.25 bits per heavy atom. The van der Waals surface area contributed by atoms with E-state index in [1.54, 1.807) is 16.7 Å². The second-order valence-corrected chi connectivity index (χ2v) is 5.84. The zero-order valence-corrected chi connectivity index (χ0v) is 13.6. The SMILES string of the molecule is C=CCNC(=O)CN1CCN(Cn2nc3ccccn3c2=O)CC1. The Hall–Kier alpha value is -2.45. The number of nitrogens with zero attached hydrogens (tertiary/aromatic N) is 5. The number of rotatable bonds is 6. The molecule has 2 aromatic rings. The molecule has 1 amide bonds.